The summed E-state index contributed by atoms with van der Waals surface area (Å²) in [6.07, 6.45) is 4.06. The number of hydrogen-bond donors (Lipinski definition) is 1. The first-order chi connectivity index (χ1) is 8.25. The van der Waals surface area contributed by atoms with E-state index in [-0.39, 0.29) is 24.3 Å². The summed E-state index contributed by atoms with van der Waals surface area (Å²) in [6.45, 7) is 1.61. The highest BCUT2D eigenvalue weighted by Crippen LogP contribution is 2.69. The molecule has 92 valence electrons. The number of nitrogens with zero attached hydrogens (tertiary/aromatic N) is 1. The van der Waals surface area contributed by atoms with Crippen molar-refractivity contribution in [3.05, 3.63) is 0 Å². The van der Waals surface area contributed by atoms with E-state index in [1.807, 2.05) is 0 Å². The van der Waals surface area contributed by atoms with Crippen molar-refractivity contribution in [2.45, 2.75) is 19.3 Å². The second-order valence-corrected chi connectivity index (χ2v) is 6.12. The van der Waals surface area contributed by atoms with Crippen LogP contribution in [0.2, 0.25) is 0 Å². The lowest BCUT2D eigenvalue weighted by molar-refractivity contribution is -0.140. The topological polar surface area (TPSA) is 49.4 Å². The number of hydrogen-bond acceptors (Lipinski definition) is 2. The molecule has 1 aliphatic heterocycles. The minimum Gasteiger partial charge on any atom is -0.353 e. The summed E-state index contributed by atoms with van der Waals surface area (Å²) < 4.78 is 0. The summed E-state index contributed by atoms with van der Waals surface area (Å²) in [4.78, 5) is 25.5. The van der Waals surface area contributed by atoms with Gasteiger partial charge in [-0.2, -0.15) is 0 Å². The van der Waals surface area contributed by atoms with Crippen LogP contribution >= 0.6 is 0 Å². The van der Waals surface area contributed by atoms with E-state index in [0.717, 1.165) is 11.8 Å². The molecular formula is C13H18N2O2. The van der Waals surface area contributed by atoms with Crippen molar-refractivity contribution in [3.8, 4) is 0 Å². The summed E-state index contributed by atoms with van der Waals surface area (Å²) in [5.41, 5.74) is 0. The molecule has 2 amide bonds. The highest BCUT2D eigenvalue weighted by Gasteiger charge is 2.68. The van der Waals surface area contributed by atoms with E-state index in [0.29, 0.717) is 24.9 Å². The molecule has 0 radical (unpaired) electrons. The van der Waals surface area contributed by atoms with Gasteiger partial charge in [0, 0.05) is 19.0 Å². The fourth-order valence-electron chi connectivity index (χ4n) is 4.69. The molecule has 1 saturated heterocycles. The van der Waals surface area contributed by atoms with Gasteiger partial charge in [0.2, 0.25) is 11.8 Å². The van der Waals surface area contributed by atoms with E-state index < -0.39 is 0 Å². The maximum absolute atomic E-state index is 12.4. The largest absolute Gasteiger partial charge is 0.353 e. The molecule has 0 aromatic heterocycles. The van der Waals surface area contributed by atoms with Crippen LogP contribution in [-0.4, -0.2) is 36.3 Å². The lowest BCUT2D eigenvalue weighted by atomic mass is 10.0. The van der Waals surface area contributed by atoms with E-state index in [2.05, 4.69) is 5.32 Å². The van der Waals surface area contributed by atoms with E-state index >= 15 is 0 Å². The fourth-order valence-corrected chi connectivity index (χ4v) is 4.69. The van der Waals surface area contributed by atoms with E-state index in [1.165, 1.54) is 19.3 Å². The Hall–Kier alpha value is -1.06. The van der Waals surface area contributed by atoms with Crippen molar-refractivity contribution >= 4 is 11.8 Å². The Morgan fingerprint density at radius 2 is 1.94 bits per heavy atom. The summed E-state index contributed by atoms with van der Waals surface area (Å²) in [5, 5.41) is 2.77. The molecule has 4 nitrogen and oxygen atoms in total. The molecule has 0 aromatic carbocycles. The molecule has 3 saturated carbocycles. The minimum absolute atomic E-state index is 0.00150. The van der Waals surface area contributed by atoms with Crippen LogP contribution in [0.25, 0.3) is 0 Å². The molecule has 4 atom stereocenters. The van der Waals surface area contributed by atoms with Crippen LogP contribution in [-0.2, 0) is 9.59 Å². The number of amides is 2. The standard InChI is InChI=1S/C13H18N2O2/c16-9-6-15(4-3-14-9)13(17)12-10-7-1-2-8(5-7)11(10)12/h7-8,10-12H,1-6H2,(H,14,16). The average Bonchev–Trinajstić information content (AvgIpc) is 2.76. The van der Waals surface area contributed by atoms with Gasteiger partial charge in [-0.25, -0.2) is 0 Å². The molecule has 3 aliphatic carbocycles. The Kier molecular flexibility index (Phi) is 1.89. The Morgan fingerprint density at radius 1 is 1.24 bits per heavy atom. The van der Waals surface area contributed by atoms with Gasteiger partial charge in [0.1, 0.15) is 0 Å². The Labute approximate surface area is 101 Å². The van der Waals surface area contributed by atoms with Gasteiger partial charge in [0.25, 0.3) is 0 Å². The lowest BCUT2D eigenvalue weighted by Gasteiger charge is -2.27. The van der Waals surface area contributed by atoms with Crippen molar-refractivity contribution in [1.82, 2.24) is 10.2 Å². The minimum atomic E-state index is -0.00150. The van der Waals surface area contributed by atoms with Gasteiger partial charge in [0.15, 0.2) is 0 Å². The lowest BCUT2D eigenvalue weighted by Crippen LogP contribution is -2.50. The summed E-state index contributed by atoms with van der Waals surface area (Å²) in [5.74, 6) is 3.59. The molecule has 1 heterocycles. The maximum Gasteiger partial charge on any atom is 0.239 e. The Morgan fingerprint density at radius 3 is 2.59 bits per heavy atom. The highest BCUT2D eigenvalue weighted by molar-refractivity contribution is 5.89. The van der Waals surface area contributed by atoms with E-state index in [9.17, 15) is 9.59 Å². The molecule has 4 fully saturated rings. The number of rotatable bonds is 1. The molecule has 0 aromatic rings. The monoisotopic (exact) mass is 234 g/mol. The van der Waals surface area contributed by atoms with Gasteiger partial charge in [-0.3, -0.25) is 9.59 Å². The molecule has 4 rings (SSSR count). The van der Waals surface area contributed by atoms with Gasteiger partial charge in [-0.05, 0) is 42.9 Å². The van der Waals surface area contributed by atoms with Crippen molar-refractivity contribution < 1.29 is 9.59 Å². The smallest absolute Gasteiger partial charge is 0.239 e. The van der Waals surface area contributed by atoms with Crippen LogP contribution in [0.15, 0.2) is 0 Å². The molecule has 17 heavy (non-hydrogen) atoms. The number of carbonyl (C=O) groups excluding carboxylic acids is 2. The molecule has 4 unspecified atom stereocenters. The third-order valence-electron chi connectivity index (χ3n) is 5.37. The predicted octanol–water partition coefficient (Wildman–Crippen LogP) is 0.237. The first kappa shape index (κ1) is 9.92. The van der Waals surface area contributed by atoms with Crippen LogP contribution in [0.5, 0.6) is 0 Å². The second-order valence-electron chi connectivity index (χ2n) is 6.12. The third-order valence-corrected chi connectivity index (χ3v) is 5.37. The molecule has 4 heteroatoms. The van der Waals surface area contributed by atoms with E-state index in [4.69, 9.17) is 0 Å². The zero-order valence-electron chi connectivity index (χ0n) is 9.89. The van der Waals surface area contributed by atoms with Crippen LogP contribution in [0.4, 0.5) is 0 Å². The zero-order valence-corrected chi connectivity index (χ0v) is 9.89. The van der Waals surface area contributed by atoms with Crippen LogP contribution in [0, 0.1) is 29.6 Å². The van der Waals surface area contributed by atoms with Gasteiger partial charge >= 0.3 is 0 Å². The predicted molar refractivity (Wildman–Crippen MR) is 60.9 cm³/mol. The van der Waals surface area contributed by atoms with Crippen LogP contribution in [0.1, 0.15) is 19.3 Å². The molecule has 2 bridgehead atoms. The zero-order chi connectivity index (χ0) is 11.6. The fraction of sp³-hybridized carbons (Fsp3) is 0.846. The van der Waals surface area contributed by atoms with Crippen LogP contribution < -0.4 is 5.32 Å². The molecule has 4 aliphatic rings. The molecule has 0 spiro atoms. The Bertz CT molecular complexity index is 379. The maximum atomic E-state index is 12.4. The van der Waals surface area contributed by atoms with Crippen molar-refractivity contribution in [3.63, 3.8) is 0 Å². The Balaban J connectivity index is 1.47. The summed E-state index contributed by atoms with van der Waals surface area (Å²) in [6, 6.07) is 0. The van der Waals surface area contributed by atoms with Gasteiger partial charge < -0.3 is 10.2 Å². The summed E-state index contributed by atoms with van der Waals surface area (Å²) in [7, 11) is 0. The van der Waals surface area contributed by atoms with E-state index in [1.54, 1.807) is 4.90 Å². The molecule has 1 N–H and O–H groups in total. The third kappa shape index (κ3) is 1.30. The average molecular weight is 234 g/mol. The highest BCUT2D eigenvalue weighted by atomic mass is 16.2. The van der Waals surface area contributed by atoms with Gasteiger partial charge in [0.05, 0.1) is 6.54 Å². The number of carbonyl (C=O) groups is 2. The van der Waals surface area contributed by atoms with Crippen molar-refractivity contribution in [2.24, 2.45) is 29.6 Å². The second kappa shape index (κ2) is 3.24. The first-order valence-corrected chi connectivity index (χ1v) is 6.81. The number of piperazine rings is 1. The SMILES string of the molecule is O=C1CN(C(=O)C2C3C4CCC(C4)C23)CCN1. The normalized spacial score (nSPS) is 46.7. The van der Waals surface area contributed by atoms with Crippen LogP contribution in [0.3, 0.4) is 0 Å². The van der Waals surface area contributed by atoms with Gasteiger partial charge in [-0.1, -0.05) is 0 Å². The molecular weight excluding hydrogens is 216 g/mol. The quantitative estimate of drug-likeness (QED) is 0.706. The number of fused-ring (bicyclic) bond motifs is 5. The first-order valence-electron chi connectivity index (χ1n) is 6.81. The van der Waals surface area contributed by atoms with Gasteiger partial charge in [-0.15, -0.1) is 0 Å². The number of nitrogens with one attached hydrogen (secondary N) is 1. The van der Waals surface area contributed by atoms with Crippen molar-refractivity contribution in [2.75, 3.05) is 19.6 Å². The summed E-state index contributed by atoms with van der Waals surface area (Å²) >= 11 is 0. The van der Waals surface area contributed by atoms with Crippen molar-refractivity contribution in [1.29, 1.82) is 0 Å².